The molecule has 0 amide bonds. The van der Waals surface area contributed by atoms with E-state index >= 15 is 0 Å². The van der Waals surface area contributed by atoms with Gasteiger partial charge in [-0.1, -0.05) is 24.3 Å². The lowest BCUT2D eigenvalue weighted by molar-refractivity contribution is -0.109. The topological polar surface area (TPSA) is 29.5 Å². The maximum Gasteiger partial charge on any atom is 0.127 e. The van der Waals surface area contributed by atoms with Crippen molar-refractivity contribution in [3.63, 3.8) is 0 Å². The van der Waals surface area contributed by atoms with Gasteiger partial charge in [0.15, 0.2) is 0 Å². The van der Waals surface area contributed by atoms with Crippen LogP contribution in [0.4, 0.5) is 5.69 Å². The van der Waals surface area contributed by atoms with Gasteiger partial charge in [-0.3, -0.25) is 0 Å². The number of ether oxygens (including phenoxy) is 1. The van der Waals surface area contributed by atoms with Crippen LogP contribution in [0.15, 0.2) is 48.5 Å². The number of anilines is 1. The van der Waals surface area contributed by atoms with Crippen LogP contribution >= 0.6 is 0 Å². The van der Waals surface area contributed by atoms with E-state index in [-0.39, 0.29) is 5.92 Å². The molecule has 0 aliphatic heterocycles. The summed E-state index contributed by atoms with van der Waals surface area (Å²) in [6, 6.07) is 16.0. The molecule has 0 N–H and O–H groups in total. The molecule has 21 heavy (non-hydrogen) atoms. The van der Waals surface area contributed by atoms with Crippen molar-refractivity contribution >= 4 is 12.0 Å². The van der Waals surface area contributed by atoms with Crippen molar-refractivity contribution in [3.05, 3.63) is 59.7 Å². The molecule has 0 fully saturated rings. The zero-order chi connectivity index (χ0) is 15.2. The summed E-state index contributed by atoms with van der Waals surface area (Å²) in [7, 11) is 5.67. The first kappa shape index (κ1) is 15.1. The van der Waals surface area contributed by atoms with Crippen LogP contribution in [0, 0.1) is 0 Å². The molecule has 1 atom stereocenters. The molecule has 0 heterocycles. The number of rotatable bonds is 6. The van der Waals surface area contributed by atoms with Crippen LogP contribution in [-0.4, -0.2) is 27.5 Å². The molecule has 0 saturated heterocycles. The van der Waals surface area contributed by atoms with Crippen molar-refractivity contribution in [1.82, 2.24) is 0 Å². The van der Waals surface area contributed by atoms with Crippen molar-refractivity contribution in [2.75, 3.05) is 26.1 Å². The largest absolute Gasteiger partial charge is 0.497 e. The summed E-state index contributed by atoms with van der Waals surface area (Å²) in [5, 5.41) is 0. The van der Waals surface area contributed by atoms with Gasteiger partial charge in [0, 0.05) is 25.7 Å². The van der Waals surface area contributed by atoms with E-state index in [1.54, 1.807) is 7.11 Å². The van der Waals surface area contributed by atoms with E-state index in [4.69, 9.17) is 4.74 Å². The summed E-state index contributed by atoms with van der Waals surface area (Å²) < 4.78 is 5.14. The average molecular weight is 283 g/mol. The quantitative estimate of drug-likeness (QED) is 0.762. The minimum Gasteiger partial charge on any atom is -0.497 e. The van der Waals surface area contributed by atoms with E-state index in [0.717, 1.165) is 28.8 Å². The molecule has 2 aromatic rings. The molecule has 0 aliphatic carbocycles. The predicted octanol–water partition coefficient (Wildman–Crippen LogP) is 3.29. The fourth-order valence-electron chi connectivity index (χ4n) is 2.28. The Balaban J connectivity index is 2.12. The van der Waals surface area contributed by atoms with Gasteiger partial charge in [0.2, 0.25) is 0 Å². The highest BCUT2D eigenvalue weighted by Crippen LogP contribution is 2.23. The highest BCUT2D eigenvalue weighted by atomic mass is 16.5. The third-order valence-electron chi connectivity index (χ3n) is 3.62. The van der Waals surface area contributed by atoms with E-state index in [1.807, 2.05) is 38.4 Å². The van der Waals surface area contributed by atoms with E-state index in [0.29, 0.717) is 6.42 Å². The molecular weight excluding hydrogens is 262 g/mol. The zero-order valence-electron chi connectivity index (χ0n) is 12.7. The van der Waals surface area contributed by atoms with Gasteiger partial charge < -0.3 is 14.4 Å². The molecule has 110 valence electrons. The van der Waals surface area contributed by atoms with Crippen LogP contribution in [0.1, 0.15) is 17.0 Å². The number of carbonyl (C=O) groups is 1. The minimum atomic E-state index is -0.124. The van der Waals surface area contributed by atoms with Gasteiger partial charge in [0.05, 0.1) is 7.11 Å². The Morgan fingerprint density at radius 3 is 2.14 bits per heavy atom. The first-order valence-corrected chi connectivity index (χ1v) is 6.99. The zero-order valence-corrected chi connectivity index (χ0v) is 12.7. The van der Waals surface area contributed by atoms with Crippen LogP contribution in [0.2, 0.25) is 0 Å². The molecule has 3 heteroatoms. The Morgan fingerprint density at radius 1 is 1.05 bits per heavy atom. The Bertz CT molecular complexity index is 573. The Labute approximate surface area is 126 Å². The Kier molecular flexibility index (Phi) is 4.99. The molecule has 0 spiro atoms. The molecule has 3 nitrogen and oxygen atoms in total. The lowest BCUT2D eigenvalue weighted by Crippen LogP contribution is -2.09. The van der Waals surface area contributed by atoms with Crippen LogP contribution in [0.3, 0.4) is 0 Å². The van der Waals surface area contributed by atoms with Crippen molar-refractivity contribution in [1.29, 1.82) is 0 Å². The molecule has 1 unspecified atom stereocenters. The predicted molar refractivity (Wildman–Crippen MR) is 86.3 cm³/mol. The second-order valence-electron chi connectivity index (χ2n) is 5.28. The minimum absolute atomic E-state index is 0.124. The van der Waals surface area contributed by atoms with Crippen LogP contribution in [0.5, 0.6) is 5.75 Å². The van der Waals surface area contributed by atoms with Gasteiger partial charge in [-0.25, -0.2) is 0 Å². The number of methoxy groups -OCH3 is 1. The standard InChI is InChI=1S/C18H21NO2/c1-19(2)17-8-4-14(5-9-17)12-16(13-20)15-6-10-18(21-3)11-7-15/h4-11,13,16H,12H2,1-3H3. The maximum atomic E-state index is 11.4. The van der Waals surface area contributed by atoms with Crippen LogP contribution < -0.4 is 9.64 Å². The summed E-state index contributed by atoms with van der Waals surface area (Å²) >= 11 is 0. The van der Waals surface area contributed by atoms with Gasteiger partial charge in [0.1, 0.15) is 12.0 Å². The summed E-state index contributed by atoms with van der Waals surface area (Å²) in [5.41, 5.74) is 3.34. The third-order valence-corrected chi connectivity index (χ3v) is 3.62. The average Bonchev–Trinajstić information content (AvgIpc) is 2.53. The fourth-order valence-corrected chi connectivity index (χ4v) is 2.28. The molecule has 2 rings (SSSR count). The smallest absolute Gasteiger partial charge is 0.127 e. The summed E-state index contributed by atoms with van der Waals surface area (Å²) in [6.07, 6.45) is 1.73. The van der Waals surface area contributed by atoms with Crippen molar-refractivity contribution < 1.29 is 9.53 Å². The van der Waals surface area contributed by atoms with E-state index in [9.17, 15) is 4.79 Å². The Hall–Kier alpha value is -2.29. The first-order chi connectivity index (χ1) is 10.1. The second-order valence-corrected chi connectivity index (χ2v) is 5.28. The highest BCUT2D eigenvalue weighted by molar-refractivity contribution is 5.63. The van der Waals surface area contributed by atoms with Gasteiger partial charge in [-0.05, 0) is 41.8 Å². The van der Waals surface area contributed by atoms with E-state index in [1.165, 1.54) is 0 Å². The van der Waals surface area contributed by atoms with Crippen LogP contribution in [0.25, 0.3) is 0 Å². The van der Waals surface area contributed by atoms with Gasteiger partial charge >= 0.3 is 0 Å². The molecular formula is C18H21NO2. The lowest BCUT2D eigenvalue weighted by atomic mass is 9.93. The number of aldehydes is 1. The number of benzene rings is 2. The molecule has 0 bridgehead atoms. The van der Waals surface area contributed by atoms with E-state index in [2.05, 4.69) is 29.2 Å². The molecule has 0 aliphatic rings. The molecule has 0 saturated carbocycles. The van der Waals surface area contributed by atoms with Crippen LogP contribution in [-0.2, 0) is 11.2 Å². The third kappa shape index (κ3) is 3.85. The Morgan fingerprint density at radius 2 is 1.67 bits per heavy atom. The lowest BCUT2D eigenvalue weighted by Gasteiger charge is -2.14. The number of nitrogens with zero attached hydrogens (tertiary/aromatic N) is 1. The maximum absolute atomic E-state index is 11.4. The monoisotopic (exact) mass is 283 g/mol. The molecule has 0 aromatic heterocycles. The van der Waals surface area contributed by atoms with Gasteiger partial charge in [0.25, 0.3) is 0 Å². The molecule has 0 radical (unpaired) electrons. The number of hydrogen-bond acceptors (Lipinski definition) is 3. The van der Waals surface area contributed by atoms with Crippen molar-refractivity contribution in [2.45, 2.75) is 12.3 Å². The number of hydrogen-bond donors (Lipinski definition) is 0. The summed E-state index contributed by atoms with van der Waals surface area (Å²) in [5.74, 6) is 0.680. The van der Waals surface area contributed by atoms with Crippen molar-refractivity contribution in [3.8, 4) is 5.75 Å². The molecule has 2 aromatic carbocycles. The normalized spacial score (nSPS) is 11.8. The summed E-state index contributed by atoms with van der Waals surface area (Å²) in [4.78, 5) is 13.5. The van der Waals surface area contributed by atoms with Gasteiger partial charge in [-0.2, -0.15) is 0 Å². The fraction of sp³-hybridized carbons (Fsp3) is 0.278. The van der Waals surface area contributed by atoms with E-state index < -0.39 is 0 Å². The SMILES string of the molecule is COc1ccc(C(C=O)Cc2ccc(N(C)C)cc2)cc1. The number of carbonyl (C=O) groups excluding carboxylic acids is 1. The highest BCUT2D eigenvalue weighted by Gasteiger charge is 2.11. The van der Waals surface area contributed by atoms with Gasteiger partial charge in [-0.15, -0.1) is 0 Å². The van der Waals surface area contributed by atoms with Crippen molar-refractivity contribution in [2.24, 2.45) is 0 Å². The second kappa shape index (κ2) is 6.93. The summed E-state index contributed by atoms with van der Waals surface area (Å²) in [6.45, 7) is 0. The first-order valence-electron chi connectivity index (χ1n) is 6.99.